The number of hydrogen-bond acceptors (Lipinski definition) is 1. The molecule has 0 unspecified atom stereocenters. The first-order valence-electron chi connectivity index (χ1n) is 8.96. The lowest BCUT2D eigenvalue weighted by molar-refractivity contribution is 0.301. The fourth-order valence-corrected chi connectivity index (χ4v) is 3.38. The van der Waals surface area contributed by atoms with Gasteiger partial charge < -0.3 is 0 Å². The molecule has 1 aliphatic rings. The maximum Gasteiger partial charge on any atom is 0.0434 e. The zero-order valence-corrected chi connectivity index (χ0v) is 13.9. The molecular weight excluding hydrogens is 254 g/mol. The minimum absolute atomic E-state index is 0.705. The molecule has 0 spiro atoms. The summed E-state index contributed by atoms with van der Waals surface area (Å²) >= 11 is 0. The van der Waals surface area contributed by atoms with Crippen LogP contribution in [-0.2, 0) is 0 Å². The van der Waals surface area contributed by atoms with Gasteiger partial charge >= 0.3 is 0 Å². The van der Waals surface area contributed by atoms with Crippen molar-refractivity contribution in [3.63, 3.8) is 0 Å². The van der Waals surface area contributed by atoms with Crippen molar-refractivity contribution in [2.75, 3.05) is 0 Å². The van der Waals surface area contributed by atoms with E-state index in [9.17, 15) is 0 Å². The van der Waals surface area contributed by atoms with Crippen LogP contribution in [0.25, 0.3) is 6.08 Å². The molecule has 0 atom stereocenters. The summed E-state index contributed by atoms with van der Waals surface area (Å²) in [6.45, 7) is 4.51. The van der Waals surface area contributed by atoms with Crippen molar-refractivity contribution >= 4 is 6.08 Å². The van der Waals surface area contributed by atoms with E-state index in [0.717, 1.165) is 12.3 Å². The molecule has 0 saturated heterocycles. The van der Waals surface area contributed by atoms with Crippen LogP contribution in [0.1, 0.15) is 88.8 Å². The molecule has 1 aromatic heterocycles. The molecule has 1 saturated carbocycles. The van der Waals surface area contributed by atoms with Gasteiger partial charge in [0.1, 0.15) is 0 Å². The normalized spacial score (nSPS) is 22.8. The van der Waals surface area contributed by atoms with E-state index in [1.165, 1.54) is 62.6 Å². The molecule has 0 N–H and O–H groups in total. The lowest BCUT2D eigenvalue weighted by Crippen LogP contribution is -2.14. The maximum atomic E-state index is 4.72. The fourth-order valence-electron chi connectivity index (χ4n) is 3.38. The van der Waals surface area contributed by atoms with Gasteiger partial charge in [0.2, 0.25) is 0 Å². The number of rotatable bonds is 7. The number of pyridine rings is 1. The van der Waals surface area contributed by atoms with E-state index in [-0.39, 0.29) is 0 Å². The van der Waals surface area contributed by atoms with Crippen LogP contribution >= 0.6 is 0 Å². The Bertz CT molecular complexity index is 410. The van der Waals surface area contributed by atoms with Crippen LogP contribution < -0.4 is 0 Å². The van der Waals surface area contributed by atoms with Gasteiger partial charge in [-0.25, -0.2) is 0 Å². The lowest BCUT2D eigenvalue weighted by atomic mass is 9.78. The van der Waals surface area contributed by atoms with Crippen molar-refractivity contribution in [1.29, 1.82) is 0 Å². The Balaban J connectivity index is 1.83. The highest BCUT2D eigenvalue weighted by Crippen LogP contribution is 2.36. The monoisotopic (exact) mass is 285 g/mol. The second kappa shape index (κ2) is 9.02. The van der Waals surface area contributed by atoms with Crippen LogP contribution in [-0.4, -0.2) is 4.98 Å². The van der Waals surface area contributed by atoms with Gasteiger partial charge in [-0.15, -0.1) is 0 Å². The van der Waals surface area contributed by atoms with E-state index in [4.69, 9.17) is 4.98 Å². The Morgan fingerprint density at radius 3 is 2.52 bits per heavy atom. The van der Waals surface area contributed by atoms with Crippen LogP contribution in [0.5, 0.6) is 0 Å². The third kappa shape index (κ3) is 5.30. The Morgan fingerprint density at radius 1 is 1.10 bits per heavy atom. The van der Waals surface area contributed by atoms with Crippen molar-refractivity contribution in [3.8, 4) is 0 Å². The quantitative estimate of drug-likeness (QED) is 0.568. The lowest BCUT2D eigenvalue weighted by Gasteiger charge is -2.28. The fraction of sp³-hybridized carbons (Fsp3) is 0.650. The first-order valence-corrected chi connectivity index (χ1v) is 8.96. The summed E-state index contributed by atoms with van der Waals surface area (Å²) in [5, 5.41) is 0. The molecule has 1 aliphatic carbocycles. The number of unbranched alkanes of at least 4 members (excludes halogenated alkanes) is 2. The summed E-state index contributed by atoms with van der Waals surface area (Å²) in [5.41, 5.74) is 2.56. The van der Waals surface area contributed by atoms with E-state index in [0.29, 0.717) is 5.92 Å². The molecule has 1 nitrogen and oxygen atoms in total. The molecule has 116 valence electrons. The Morgan fingerprint density at radius 2 is 1.90 bits per heavy atom. The highest BCUT2D eigenvalue weighted by Gasteiger charge is 2.22. The van der Waals surface area contributed by atoms with Gasteiger partial charge in [0, 0.05) is 17.8 Å². The standard InChI is InChI=1S/C20H31N/c1-3-5-7-9-18-12-15-20(21-16-18)19-13-10-17(11-14-19)8-6-4-2/h7,9,12,15-17,19H,3-6,8,10-11,13-14H2,1-2H3/b9-7+/t17-,19-. The third-order valence-electron chi connectivity index (χ3n) is 4.81. The zero-order valence-electron chi connectivity index (χ0n) is 13.9. The number of hydrogen-bond donors (Lipinski definition) is 0. The van der Waals surface area contributed by atoms with Crippen LogP contribution in [0.3, 0.4) is 0 Å². The second-order valence-electron chi connectivity index (χ2n) is 6.57. The number of aromatic nitrogens is 1. The van der Waals surface area contributed by atoms with Crippen LogP contribution in [0.15, 0.2) is 24.4 Å². The van der Waals surface area contributed by atoms with Gasteiger partial charge in [0.15, 0.2) is 0 Å². The van der Waals surface area contributed by atoms with Crippen molar-refractivity contribution < 1.29 is 0 Å². The minimum Gasteiger partial charge on any atom is -0.260 e. The molecule has 2 rings (SSSR count). The van der Waals surface area contributed by atoms with E-state index < -0.39 is 0 Å². The summed E-state index contributed by atoms with van der Waals surface area (Å²) < 4.78 is 0. The van der Waals surface area contributed by atoms with Gasteiger partial charge in [-0.1, -0.05) is 57.7 Å². The number of nitrogens with zero attached hydrogens (tertiary/aromatic N) is 1. The molecule has 1 heteroatoms. The highest BCUT2D eigenvalue weighted by atomic mass is 14.7. The third-order valence-corrected chi connectivity index (χ3v) is 4.81. The van der Waals surface area contributed by atoms with E-state index in [2.05, 4.69) is 38.1 Å². The first-order chi connectivity index (χ1) is 10.3. The number of allylic oxidation sites excluding steroid dienone is 1. The summed E-state index contributed by atoms with van der Waals surface area (Å²) in [4.78, 5) is 4.72. The minimum atomic E-state index is 0.705. The average Bonchev–Trinajstić information content (AvgIpc) is 2.54. The first kappa shape index (κ1) is 16.3. The van der Waals surface area contributed by atoms with E-state index in [1.54, 1.807) is 0 Å². The summed E-state index contributed by atoms with van der Waals surface area (Å²) in [6, 6.07) is 4.49. The summed E-state index contributed by atoms with van der Waals surface area (Å²) in [5.74, 6) is 1.69. The van der Waals surface area contributed by atoms with Gasteiger partial charge in [0.25, 0.3) is 0 Å². The molecule has 21 heavy (non-hydrogen) atoms. The molecule has 0 amide bonds. The van der Waals surface area contributed by atoms with Crippen molar-refractivity contribution in [2.24, 2.45) is 5.92 Å². The van der Waals surface area contributed by atoms with E-state index >= 15 is 0 Å². The largest absolute Gasteiger partial charge is 0.260 e. The molecule has 1 fully saturated rings. The Labute approximate surface area is 130 Å². The topological polar surface area (TPSA) is 12.9 Å². The molecule has 1 heterocycles. The Kier molecular flexibility index (Phi) is 6.99. The smallest absolute Gasteiger partial charge is 0.0434 e. The van der Waals surface area contributed by atoms with Gasteiger partial charge in [-0.05, 0) is 49.7 Å². The van der Waals surface area contributed by atoms with Crippen molar-refractivity contribution in [1.82, 2.24) is 4.98 Å². The van der Waals surface area contributed by atoms with E-state index in [1.807, 2.05) is 6.20 Å². The molecular formula is C20H31N. The predicted octanol–water partition coefficient (Wildman–Crippen LogP) is 6.36. The van der Waals surface area contributed by atoms with Gasteiger partial charge in [0.05, 0.1) is 0 Å². The van der Waals surface area contributed by atoms with Crippen LogP contribution in [0.4, 0.5) is 0 Å². The SMILES string of the molecule is CCC/C=C/c1ccc([C@H]2CC[C@H](CCCC)CC2)nc1. The molecule has 0 bridgehead atoms. The average molecular weight is 285 g/mol. The van der Waals surface area contributed by atoms with Crippen molar-refractivity contribution in [3.05, 3.63) is 35.7 Å². The Hall–Kier alpha value is -1.11. The van der Waals surface area contributed by atoms with Crippen LogP contribution in [0, 0.1) is 5.92 Å². The molecule has 0 aromatic carbocycles. The van der Waals surface area contributed by atoms with Gasteiger partial charge in [-0.3, -0.25) is 4.98 Å². The summed E-state index contributed by atoms with van der Waals surface area (Å²) in [7, 11) is 0. The van der Waals surface area contributed by atoms with Gasteiger partial charge in [-0.2, -0.15) is 0 Å². The second-order valence-corrected chi connectivity index (χ2v) is 6.57. The van der Waals surface area contributed by atoms with Crippen LogP contribution in [0.2, 0.25) is 0 Å². The molecule has 1 aromatic rings. The molecule has 0 aliphatic heterocycles. The summed E-state index contributed by atoms with van der Waals surface area (Å²) in [6.07, 6.45) is 18.5. The predicted molar refractivity (Wildman–Crippen MR) is 92.4 cm³/mol. The zero-order chi connectivity index (χ0) is 14.9. The highest BCUT2D eigenvalue weighted by molar-refractivity contribution is 5.47. The van der Waals surface area contributed by atoms with Crippen molar-refractivity contribution in [2.45, 2.75) is 77.6 Å². The maximum absolute atomic E-state index is 4.72. The molecule has 0 radical (unpaired) electrons.